The van der Waals surface area contributed by atoms with E-state index in [1.54, 1.807) is 25.1 Å². The van der Waals surface area contributed by atoms with E-state index in [0.29, 0.717) is 5.56 Å². The highest BCUT2D eigenvalue weighted by molar-refractivity contribution is 8.33. The van der Waals surface area contributed by atoms with E-state index in [1.165, 1.54) is 0 Å². The molecule has 0 radical (unpaired) electrons. The summed E-state index contributed by atoms with van der Waals surface area (Å²) in [5, 5.41) is 0. The van der Waals surface area contributed by atoms with Crippen LogP contribution >= 0.6 is 10.3 Å². The van der Waals surface area contributed by atoms with Crippen LogP contribution in [0.2, 0.25) is 0 Å². The minimum atomic E-state index is -4.06. The van der Waals surface area contributed by atoms with Gasteiger partial charge in [0.15, 0.2) is 0 Å². The third-order valence-electron chi connectivity index (χ3n) is 4.78. The topological polar surface area (TPSA) is 43.4 Å². The lowest BCUT2D eigenvalue weighted by molar-refractivity contribution is 0.507. The van der Waals surface area contributed by atoms with Crippen molar-refractivity contribution in [1.29, 1.82) is 0 Å². The fourth-order valence-electron chi connectivity index (χ4n) is 3.37. The molecule has 3 nitrogen and oxygen atoms in total. The first-order chi connectivity index (χ1) is 14.5. The molecule has 0 N–H and O–H groups in total. The third-order valence-corrected chi connectivity index (χ3v) is 10.1. The summed E-state index contributed by atoms with van der Waals surface area (Å²) in [4.78, 5) is 2.64. The molecule has 0 bridgehead atoms. The minimum Gasteiger partial charge on any atom is -0.203 e. The van der Waals surface area contributed by atoms with E-state index in [9.17, 15) is 8.42 Å². The summed E-state index contributed by atoms with van der Waals surface area (Å²) in [5.41, 5.74) is 0.653. The van der Waals surface area contributed by atoms with Crippen LogP contribution in [0, 0.1) is 6.92 Å². The molecule has 0 saturated carbocycles. The first-order valence-corrected chi connectivity index (χ1v) is 12.5. The molecule has 0 heterocycles. The Hall–Kier alpha value is -2.86. The van der Waals surface area contributed by atoms with Crippen LogP contribution in [0.3, 0.4) is 0 Å². The lowest BCUT2D eigenvalue weighted by Gasteiger charge is -2.39. The monoisotopic (exact) mass is 434 g/mol. The predicted octanol–water partition coefficient (Wildman–Crippen LogP) is 6.60. The summed E-state index contributed by atoms with van der Waals surface area (Å²) in [5.74, 6) is 0. The Morgan fingerprint density at radius 2 is 0.900 bits per heavy atom. The predicted molar refractivity (Wildman–Crippen MR) is 121 cm³/mol. The van der Waals surface area contributed by atoms with E-state index < -0.39 is 20.4 Å². The molecule has 5 heteroatoms. The van der Waals surface area contributed by atoms with Crippen LogP contribution < -0.4 is 0 Å². The van der Waals surface area contributed by atoms with Crippen molar-refractivity contribution in [2.75, 3.05) is 0 Å². The van der Waals surface area contributed by atoms with Crippen LogP contribution in [0.25, 0.3) is 0 Å². The second-order valence-corrected chi connectivity index (χ2v) is 11.2. The summed E-state index contributed by atoms with van der Waals surface area (Å²) >= 11 is 0. The normalized spacial score (nSPS) is 12.4. The van der Waals surface area contributed by atoms with E-state index in [4.69, 9.17) is 3.63 Å². The van der Waals surface area contributed by atoms with Crippen molar-refractivity contribution in [3.63, 3.8) is 0 Å². The van der Waals surface area contributed by atoms with E-state index in [-0.39, 0.29) is 4.90 Å². The highest BCUT2D eigenvalue weighted by atomic mass is 32.3. The molecule has 0 atom stereocenters. The van der Waals surface area contributed by atoms with Crippen molar-refractivity contribution in [2.24, 2.45) is 0 Å². The van der Waals surface area contributed by atoms with Crippen molar-refractivity contribution in [3.8, 4) is 0 Å². The number of benzene rings is 4. The van der Waals surface area contributed by atoms with Gasteiger partial charge in [-0.3, -0.25) is 0 Å². The molecule has 0 spiro atoms. The smallest absolute Gasteiger partial charge is 0.203 e. The number of aryl methyl sites for hydroxylation is 1. The van der Waals surface area contributed by atoms with Crippen LogP contribution in [0.4, 0.5) is 0 Å². The molecule has 0 aliphatic heterocycles. The lowest BCUT2D eigenvalue weighted by Crippen LogP contribution is -2.15. The van der Waals surface area contributed by atoms with Gasteiger partial charge in [0.05, 0.1) is 4.90 Å². The molecule has 0 aliphatic rings. The maximum absolute atomic E-state index is 13.6. The van der Waals surface area contributed by atoms with Crippen LogP contribution in [0.1, 0.15) is 5.56 Å². The van der Waals surface area contributed by atoms with Gasteiger partial charge in [-0.15, -0.1) is 0 Å². The molecule has 0 saturated heterocycles. The minimum absolute atomic E-state index is 0.185. The third kappa shape index (κ3) is 3.79. The summed E-state index contributed by atoms with van der Waals surface area (Å²) in [7, 11) is -6.60. The van der Waals surface area contributed by atoms with Gasteiger partial charge in [-0.1, -0.05) is 72.8 Å². The SMILES string of the molecule is Cc1ccccc1S(=O)(=O)OS(c1ccccc1)(c1ccccc1)c1ccccc1. The van der Waals surface area contributed by atoms with E-state index in [0.717, 1.165) is 14.7 Å². The molecule has 4 aromatic rings. The molecule has 0 amide bonds. The average molecular weight is 435 g/mol. The number of hydrogen-bond acceptors (Lipinski definition) is 3. The number of rotatable bonds is 6. The Kier molecular flexibility index (Phi) is 5.77. The van der Waals surface area contributed by atoms with Crippen LogP contribution in [0.5, 0.6) is 0 Å². The molecule has 152 valence electrons. The van der Waals surface area contributed by atoms with Crippen LogP contribution in [-0.4, -0.2) is 8.42 Å². The number of hydrogen-bond donors (Lipinski definition) is 0. The van der Waals surface area contributed by atoms with E-state index >= 15 is 0 Å². The molecule has 30 heavy (non-hydrogen) atoms. The molecule has 0 unspecified atom stereocenters. The highest BCUT2D eigenvalue weighted by Gasteiger charge is 2.38. The van der Waals surface area contributed by atoms with E-state index in [1.807, 2.05) is 97.1 Å². The van der Waals surface area contributed by atoms with Gasteiger partial charge >= 0.3 is 10.1 Å². The Bertz CT molecular complexity index is 1130. The summed E-state index contributed by atoms with van der Waals surface area (Å²) < 4.78 is 33.5. The van der Waals surface area contributed by atoms with Gasteiger partial charge in [0.2, 0.25) is 0 Å². The summed E-state index contributed by atoms with van der Waals surface area (Å²) in [6.45, 7) is 1.78. The molecular formula is C25H22O3S2. The first kappa shape index (κ1) is 20.4. The van der Waals surface area contributed by atoms with Gasteiger partial charge in [0.25, 0.3) is 0 Å². The summed E-state index contributed by atoms with van der Waals surface area (Å²) in [6.07, 6.45) is 0. The Morgan fingerprint density at radius 1 is 0.533 bits per heavy atom. The molecule has 0 aliphatic carbocycles. The van der Waals surface area contributed by atoms with Gasteiger partial charge in [-0.05, 0) is 65.3 Å². The quantitative estimate of drug-likeness (QED) is 0.343. The highest BCUT2D eigenvalue weighted by Crippen LogP contribution is 2.70. The van der Waals surface area contributed by atoms with Crippen molar-refractivity contribution in [2.45, 2.75) is 26.5 Å². The largest absolute Gasteiger partial charge is 0.307 e. The maximum Gasteiger partial charge on any atom is 0.307 e. The fourth-order valence-corrected chi connectivity index (χ4v) is 8.83. The van der Waals surface area contributed by atoms with Gasteiger partial charge in [-0.25, -0.2) is 3.63 Å². The molecule has 4 aromatic carbocycles. The van der Waals surface area contributed by atoms with E-state index in [2.05, 4.69) is 0 Å². The molecule has 0 aromatic heterocycles. The fraction of sp³-hybridized carbons (Fsp3) is 0.0400. The lowest BCUT2D eigenvalue weighted by atomic mass is 10.2. The van der Waals surface area contributed by atoms with Crippen molar-refractivity contribution in [3.05, 3.63) is 121 Å². The van der Waals surface area contributed by atoms with Crippen molar-refractivity contribution < 1.29 is 12.0 Å². The van der Waals surface area contributed by atoms with Gasteiger partial charge in [-0.2, -0.15) is 8.42 Å². The Morgan fingerprint density at radius 3 is 1.30 bits per heavy atom. The van der Waals surface area contributed by atoms with Crippen LogP contribution in [-0.2, 0) is 13.7 Å². The maximum atomic E-state index is 13.6. The first-order valence-electron chi connectivity index (χ1n) is 9.54. The van der Waals surface area contributed by atoms with Crippen LogP contribution in [0.15, 0.2) is 135 Å². The van der Waals surface area contributed by atoms with Gasteiger partial charge in [0.1, 0.15) is 0 Å². The Balaban J connectivity index is 2.02. The van der Waals surface area contributed by atoms with Gasteiger partial charge < -0.3 is 0 Å². The zero-order chi connectivity index (χ0) is 21.0. The second-order valence-electron chi connectivity index (χ2n) is 6.78. The standard InChI is InChI=1S/C25H22O3S2/c1-21-13-11-12-20-25(21)30(26,27)28-29(22-14-5-2-6-15-22,23-16-7-3-8-17-23)24-18-9-4-10-19-24/h2-20H,1H3. The molecule has 0 fully saturated rings. The zero-order valence-electron chi connectivity index (χ0n) is 16.5. The average Bonchev–Trinajstić information content (AvgIpc) is 2.79. The second kappa shape index (κ2) is 8.48. The van der Waals surface area contributed by atoms with Crippen molar-refractivity contribution in [1.82, 2.24) is 0 Å². The Labute approximate surface area is 179 Å². The molecule has 4 rings (SSSR count). The molecular weight excluding hydrogens is 412 g/mol. The van der Waals surface area contributed by atoms with Crippen molar-refractivity contribution >= 4 is 20.4 Å². The zero-order valence-corrected chi connectivity index (χ0v) is 18.1. The summed E-state index contributed by atoms with van der Waals surface area (Å²) in [6, 6.07) is 35.7. The van der Waals surface area contributed by atoms with Gasteiger partial charge in [0, 0.05) is 14.7 Å².